The molecule has 0 atom stereocenters. The van der Waals surface area contributed by atoms with Crippen molar-refractivity contribution in [1.82, 2.24) is 20.2 Å². The molecule has 148 valence electrons. The van der Waals surface area contributed by atoms with Crippen molar-refractivity contribution >= 4 is 29.0 Å². The van der Waals surface area contributed by atoms with E-state index in [4.69, 9.17) is 9.62 Å². The number of benzene rings is 1. The number of hydroxylamine groups is 1. The van der Waals surface area contributed by atoms with Gasteiger partial charge in [0.1, 0.15) is 17.4 Å². The van der Waals surface area contributed by atoms with Crippen LogP contribution in [0, 0.1) is 11.6 Å². The first-order valence-electron chi connectivity index (χ1n) is 8.17. The number of carbonyl (C=O) groups is 1. The van der Waals surface area contributed by atoms with Gasteiger partial charge in [-0.15, -0.1) is 21.5 Å². The molecule has 0 aliphatic heterocycles. The van der Waals surface area contributed by atoms with Crippen LogP contribution >= 0.6 is 23.1 Å². The third kappa shape index (κ3) is 3.92. The van der Waals surface area contributed by atoms with Crippen LogP contribution in [0.4, 0.5) is 8.78 Å². The number of rotatable bonds is 6. The van der Waals surface area contributed by atoms with Crippen LogP contribution in [0.5, 0.6) is 0 Å². The Balaban J connectivity index is 1.73. The maximum absolute atomic E-state index is 14.5. The molecule has 0 saturated heterocycles. The van der Waals surface area contributed by atoms with Gasteiger partial charge in [-0.2, -0.15) is 0 Å². The molecule has 11 heteroatoms. The van der Waals surface area contributed by atoms with Gasteiger partial charge in [0.15, 0.2) is 11.0 Å². The lowest BCUT2D eigenvalue weighted by Gasteiger charge is -2.09. The number of furan rings is 1. The van der Waals surface area contributed by atoms with E-state index in [0.717, 1.165) is 28.8 Å². The molecule has 0 fully saturated rings. The molecule has 1 aromatic carbocycles. The molecular weight excluding hydrogens is 422 g/mol. The predicted octanol–water partition coefficient (Wildman–Crippen LogP) is 4.20. The van der Waals surface area contributed by atoms with E-state index >= 15 is 0 Å². The average Bonchev–Trinajstić information content (AvgIpc) is 3.47. The van der Waals surface area contributed by atoms with Crippen LogP contribution in [-0.2, 0) is 6.54 Å². The molecule has 0 saturated carbocycles. The van der Waals surface area contributed by atoms with Crippen LogP contribution in [0.25, 0.3) is 10.7 Å². The third-order valence-electron chi connectivity index (χ3n) is 3.91. The van der Waals surface area contributed by atoms with Crippen molar-refractivity contribution in [3.05, 3.63) is 71.0 Å². The third-order valence-corrected chi connectivity index (χ3v) is 5.85. The number of thiophene rings is 1. The molecule has 0 spiro atoms. The van der Waals surface area contributed by atoms with Crippen LogP contribution in [0.1, 0.15) is 16.1 Å². The van der Waals surface area contributed by atoms with E-state index in [1.807, 2.05) is 17.5 Å². The normalized spacial score (nSPS) is 11.0. The number of hydrogen-bond acceptors (Lipinski definition) is 7. The summed E-state index contributed by atoms with van der Waals surface area (Å²) in [6.07, 6.45) is 1.53. The van der Waals surface area contributed by atoms with Gasteiger partial charge >= 0.3 is 0 Å². The Morgan fingerprint density at radius 3 is 2.66 bits per heavy atom. The molecule has 3 heterocycles. The summed E-state index contributed by atoms with van der Waals surface area (Å²) in [5.74, 6) is -1.77. The van der Waals surface area contributed by atoms with Crippen LogP contribution in [0.3, 0.4) is 0 Å². The fourth-order valence-electron chi connectivity index (χ4n) is 2.60. The molecule has 2 N–H and O–H groups in total. The molecule has 0 radical (unpaired) electrons. The highest BCUT2D eigenvalue weighted by Crippen LogP contribution is 2.35. The van der Waals surface area contributed by atoms with Crippen molar-refractivity contribution < 1.29 is 23.2 Å². The molecule has 0 unspecified atom stereocenters. The summed E-state index contributed by atoms with van der Waals surface area (Å²) in [6.45, 7) is 0.268. The van der Waals surface area contributed by atoms with E-state index in [9.17, 15) is 13.6 Å². The van der Waals surface area contributed by atoms with Crippen LogP contribution in [0.2, 0.25) is 0 Å². The van der Waals surface area contributed by atoms with Gasteiger partial charge in [-0.1, -0.05) is 6.07 Å². The van der Waals surface area contributed by atoms with Gasteiger partial charge in [0, 0.05) is 5.56 Å². The Labute approximate surface area is 171 Å². The molecule has 3 aromatic heterocycles. The molecule has 7 nitrogen and oxygen atoms in total. The summed E-state index contributed by atoms with van der Waals surface area (Å²) >= 11 is 2.20. The van der Waals surface area contributed by atoms with Gasteiger partial charge in [-0.05, 0) is 47.5 Å². The van der Waals surface area contributed by atoms with Crippen LogP contribution in [-0.4, -0.2) is 25.9 Å². The first kappa shape index (κ1) is 19.3. The highest BCUT2D eigenvalue weighted by Gasteiger charge is 2.22. The van der Waals surface area contributed by atoms with Gasteiger partial charge in [0.05, 0.1) is 22.6 Å². The number of amides is 1. The quantitative estimate of drug-likeness (QED) is 0.349. The molecule has 0 aliphatic carbocycles. The first-order valence-corrected chi connectivity index (χ1v) is 9.87. The molecule has 4 aromatic rings. The zero-order chi connectivity index (χ0) is 20.4. The van der Waals surface area contributed by atoms with Gasteiger partial charge in [0.25, 0.3) is 5.91 Å². The highest BCUT2D eigenvalue weighted by atomic mass is 32.2. The minimum atomic E-state index is -1.01. The lowest BCUT2D eigenvalue weighted by Crippen LogP contribution is -2.19. The van der Waals surface area contributed by atoms with E-state index in [2.05, 4.69) is 10.2 Å². The Morgan fingerprint density at radius 1 is 1.24 bits per heavy atom. The Hall–Kier alpha value is -3.02. The van der Waals surface area contributed by atoms with Crippen LogP contribution in [0.15, 0.2) is 62.5 Å². The number of hydrogen-bond donors (Lipinski definition) is 2. The molecule has 29 heavy (non-hydrogen) atoms. The summed E-state index contributed by atoms with van der Waals surface area (Å²) < 4.78 is 36.1. The van der Waals surface area contributed by atoms with Gasteiger partial charge in [-0.25, -0.2) is 14.3 Å². The molecular formula is C18H12F2N4O3S2. The maximum Gasteiger partial charge on any atom is 0.274 e. The molecule has 0 bridgehead atoms. The average molecular weight is 434 g/mol. The van der Waals surface area contributed by atoms with Crippen molar-refractivity contribution in [2.45, 2.75) is 16.6 Å². The fourth-order valence-corrected chi connectivity index (χ4v) is 4.15. The van der Waals surface area contributed by atoms with Crippen molar-refractivity contribution in [3.8, 4) is 10.7 Å². The largest absolute Gasteiger partial charge is 0.467 e. The SMILES string of the molecule is O=C(NO)c1cc(F)c(Sc2nnc(-c3cccs3)n2Cc2ccco2)c(F)c1. The topological polar surface area (TPSA) is 93.2 Å². The van der Waals surface area contributed by atoms with Crippen molar-refractivity contribution in [2.75, 3.05) is 0 Å². The summed E-state index contributed by atoms with van der Waals surface area (Å²) in [4.78, 5) is 11.9. The predicted molar refractivity (Wildman–Crippen MR) is 101 cm³/mol. The van der Waals surface area contributed by atoms with E-state index in [1.54, 1.807) is 16.7 Å². The maximum atomic E-state index is 14.5. The van der Waals surface area contributed by atoms with Gasteiger partial charge in [0.2, 0.25) is 0 Å². The smallest absolute Gasteiger partial charge is 0.274 e. The van der Waals surface area contributed by atoms with Gasteiger partial charge in [-0.3, -0.25) is 14.6 Å². The standard InChI is InChI=1S/C18H12F2N4O3S2/c19-12-7-10(17(25)23-26)8-13(20)15(12)29-18-22-21-16(14-4-2-6-28-14)24(18)9-11-3-1-5-27-11/h1-8,26H,9H2,(H,23,25). The summed E-state index contributed by atoms with van der Waals surface area (Å²) in [6, 6.07) is 8.92. The van der Waals surface area contributed by atoms with E-state index in [-0.39, 0.29) is 22.2 Å². The lowest BCUT2D eigenvalue weighted by atomic mass is 10.2. The number of aromatic nitrogens is 3. The highest BCUT2D eigenvalue weighted by molar-refractivity contribution is 7.99. The second-order valence-corrected chi connectivity index (χ2v) is 7.69. The summed E-state index contributed by atoms with van der Waals surface area (Å²) in [5.41, 5.74) is 0.999. The zero-order valence-corrected chi connectivity index (χ0v) is 16.1. The monoisotopic (exact) mass is 434 g/mol. The number of nitrogens with zero attached hydrogens (tertiary/aromatic N) is 3. The summed E-state index contributed by atoms with van der Waals surface area (Å²) in [7, 11) is 0. The minimum absolute atomic E-state index is 0.252. The van der Waals surface area contributed by atoms with E-state index < -0.39 is 17.5 Å². The van der Waals surface area contributed by atoms with Crippen LogP contribution < -0.4 is 5.48 Å². The van der Waals surface area contributed by atoms with E-state index in [0.29, 0.717) is 11.6 Å². The molecule has 1 amide bonds. The number of nitrogens with one attached hydrogen (secondary N) is 1. The van der Waals surface area contributed by atoms with Crippen molar-refractivity contribution in [1.29, 1.82) is 0 Å². The number of halogens is 2. The number of carbonyl (C=O) groups excluding carboxylic acids is 1. The second kappa shape index (κ2) is 8.15. The minimum Gasteiger partial charge on any atom is -0.467 e. The zero-order valence-electron chi connectivity index (χ0n) is 14.5. The fraction of sp³-hybridized carbons (Fsp3) is 0.0556. The van der Waals surface area contributed by atoms with E-state index in [1.165, 1.54) is 23.1 Å². The summed E-state index contributed by atoms with van der Waals surface area (Å²) in [5, 5.41) is 19.1. The van der Waals surface area contributed by atoms with Crippen molar-refractivity contribution in [2.24, 2.45) is 0 Å². The Morgan fingerprint density at radius 2 is 2.03 bits per heavy atom. The molecule has 4 rings (SSSR count). The Kier molecular flexibility index (Phi) is 5.43. The first-order chi connectivity index (χ1) is 14.1. The lowest BCUT2D eigenvalue weighted by molar-refractivity contribution is 0.0705. The molecule has 0 aliphatic rings. The van der Waals surface area contributed by atoms with Gasteiger partial charge < -0.3 is 4.42 Å². The van der Waals surface area contributed by atoms with Crippen molar-refractivity contribution in [3.63, 3.8) is 0 Å². The Bertz CT molecular complexity index is 1120. The second-order valence-electron chi connectivity index (χ2n) is 5.76.